The first-order valence-corrected chi connectivity index (χ1v) is 5.64. The molecule has 0 aromatic heterocycles. The molecular formula is C14H7ClFNO2. The van der Waals surface area contributed by atoms with E-state index in [0.717, 1.165) is 0 Å². The van der Waals surface area contributed by atoms with Crippen LogP contribution in [0.3, 0.4) is 0 Å². The molecule has 2 aromatic rings. The number of halogens is 2. The molecule has 0 bridgehead atoms. The lowest BCUT2D eigenvalue weighted by Gasteiger charge is -2.08. The zero-order chi connectivity index (χ0) is 13.8. The Labute approximate surface area is 113 Å². The van der Waals surface area contributed by atoms with Gasteiger partial charge in [-0.2, -0.15) is 5.26 Å². The molecule has 19 heavy (non-hydrogen) atoms. The van der Waals surface area contributed by atoms with E-state index in [4.69, 9.17) is 21.6 Å². The van der Waals surface area contributed by atoms with Crippen molar-refractivity contribution in [3.8, 4) is 17.6 Å². The van der Waals surface area contributed by atoms with Crippen LogP contribution in [0.4, 0.5) is 4.39 Å². The van der Waals surface area contributed by atoms with Gasteiger partial charge in [-0.15, -0.1) is 0 Å². The van der Waals surface area contributed by atoms with Crippen molar-refractivity contribution in [3.63, 3.8) is 0 Å². The normalized spacial score (nSPS) is 9.74. The molecule has 2 rings (SSSR count). The molecule has 5 heteroatoms. The third-order valence-electron chi connectivity index (χ3n) is 2.41. The predicted octanol–water partition coefficient (Wildman–Crippen LogP) is 3.96. The van der Waals surface area contributed by atoms with Crippen LogP contribution in [-0.2, 0) is 0 Å². The van der Waals surface area contributed by atoms with Crippen molar-refractivity contribution in [2.45, 2.75) is 0 Å². The van der Waals surface area contributed by atoms with Gasteiger partial charge in [0.1, 0.15) is 28.9 Å². The Bertz CT molecular complexity index is 680. The maximum atomic E-state index is 13.4. The highest BCUT2D eigenvalue weighted by molar-refractivity contribution is 6.33. The summed E-state index contributed by atoms with van der Waals surface area (Å²) in [6.07, 6.45) is 0.620. The van der Waals surface area contributed by atoms with E-state index in [1.54, 1.807) is 6.07 Å². The minimum absolute atomic E-state index is 0.0948. The standard InChI is InChI=1S/C14H7ClFNO2/c15-12-6-10(5-4-9(12)8-18)19-14-3-1-2-13(16)11(14)7-17/h1-6,8H. The summed E-state index contributed by atoms with van der Waals surface area (Å²) in [5.74, 6) is -0.245. The van der Waals surface area contributed by atoms with Gasteiger partial charge in [0.2, 0.25) is 0 Å². The fourth-order valence-corrected chi connectivity index (χ4v) is 1.71. The predicted molar refractivity (Wildman–Crippen MR) is 68.0 cm³/mol. The van der Waals surface area contributed by atoms with Gasteiger partial charge in [0.25, 0.3) is 0 Å². The van der Waals surface area contributed by atoms with Crippen molar-refractivity contribution in [3.05, 3.63) is 58.4 Å². The van der Waals surface area contributed by atoms with Crippen molar-refractivity contribution in [1.29, 1.82) is 5.26 Å². The van der Waals surface area contributed by atoms with E-state index in [0.29, 0.717) is 17.6 Å². The number of hydrogen-bond donors (Lipinski definition) is 0. The summed E-state index contributed by atoms with van der Waals surface area (Å²) in [5.41, 5.74) is 0.145. The number of ether oxygens (including phenoxy) is 1. The summed E-state index contributed by atoms with van der Waals surface area (Å²) in [6, 6.07) is 10.2. The van der Waals surface area contributed by atoms with Crippen LogP contribution in [0, 0.1) is 17.1 Å². The van der Waals surface area contributed by atoms with Crippen LogP contribution in [-0.4, -0.2) is 6.29 Å². The number of rotatable bonds is 3. The van der Waals surface area contributed by atoms with E-state index < -0.39 is 5.82 Å². The SMILES string of the molecule is N#Cc1c(F)cccc1Oc1ccc(C=O)c(Cl)c1. The average Bonchev–Trinajstić information content (AvgIpc) is 2.39. The van der Waals surface area contributed by atoms with Gasteiger partial charge in [-0.05, 0) is 24.3 Å². The molecule has 94 valence electrons. The van der Waals surface area contributed by atoms with Gasteiger partial charge in [0, 0.05) is 11.6 Å². The smallest absolute Gasteiger partial charge is 0.151 e. The summed E-state index contributed by atoms with van der Waals surface area (Å²) >= 11 is 5.85. The molecule has 0 aliphatic rings. The van der Waals surface area contributed by atoms with E-state index in [1.807, 2.05) is 0 Å². The van der Waals surface area contributed by atoms with Gasteiger partial charge >= 0.3 is 0 Å². The molecule has 0 N–H and O–H groups in total. The Morgan fingerprint density at radius 3 is 2.74 bits per heavy atom. The Morgan fingerprint density at radius 1 is 1.32 bits per heavy atom. The molecule has 2 aromatic carbocycles. The molecule has 0 aliphatic carbocycles. The van der Waals surface area contributed by atoms with Gasteiger partial charge in [0.15, 0.2) is 6.29 Å². The van der Waals surface area contributed by atoms with Crippen molar-refractivity contribution >= 4 is 17.9 Å². The Balaban J connectivity index is 2.37. The molecule has 0 fully saturated rings. The summed E-state index contributed by atoms with van der Waals surface area (Å²) in [7, 11) is 0. The van der Waals surface area contributed by atoms with E-state index >= 15 is 0 Å². The molecule has 0 aliphatic heterocycles. The Morgan fingerprint density at radius 2 is 2.11 bits per heavy atom. The topological polar surface area (TPSA) is 50.1 Å². The second kappa shape index (κ2) is 5.51. The van der Waals surface area contributed by atoms with Gasteiger partial charge in [-0.1, -0.05) is 17.7 Å². The van der Waals surface area contributed by atoms with Crippen molar-refractivity contribution in [2.75, 3.05) is 0 Å². The van der Waals surface area contributed by atoms with Crippen LogP contribution in [0.1, 0.15) is 15.9 Å². The highest BCUT2D eigenvalue weighted by Crippen LogP contribution is 2.29. The molecular weight excluding hydrogens is 269 g/mol. The highest BCUT2D eigenvalue weighted by atomic mass is 35.5. The number of nitriles is 1. The first-order valence-electron chi connectivity index (χ1n) is 5.27. The maximum Gasteiger partial charge on any atom is 0.151 e. The third kappa shape index (κ3) is 2.72. The fourth-order valence-electron chi connectivity index (χ4n) is 1.49. The first kappa shape index (κ1) is 13.1. The summed E-state index contributed by atoms with van der Waals surface area (Å²) < 4.78 is 18.8. The van der Waals surface area contributed by atoms with Gasteiger partial charge in [-0.3, -0.25) is 4.79 Å². The Hall–Kier alpha value is -2.38. The molecule has 0 radical (unpaired) electrons. The number of carbonyl (C=O) groups is 1. The molecule has 0 atom stereocenters. The minimum Gasteiger partial charge on any atom is -0.456 e. The van der Waals surface area contributed by atoms with Crippen LogP contribution in [0.2, 0.25) is 5.02 Å². The van der Waals surface area contributed by atoms with E-state index in [2.05, 4.69) is 0 Å². The largest absolute Gasteiger partial charge is 0.456 e. The van der Waals surface area contributed by atoms with Crippen molar-refractivity contribution in [2.24, 2.45) is 0 Å². The fraction of sp³-hybridized carbons (Fsp3) is 0. The quantitative estimate of drug-likeness (QED) is 0.797. The zero-order valence-electron chi connectivity index (χ0n) is 9.56. The molecule has 0 amide bonds. The van der Waals surface area contributed by atoms with Crippen molar-refractivity contribution in [1.82, 2.24) is 0 Å². The molecule has 0 saturated carbocycles. The van der Waals surface area contributed by atoms with Gasteiger partial charge in [-0.25, -0.2) is 4.39 Å². The molecule has 0 saturated heterocycles. The van der Waals surface area contributed by atoms with Gasteiger partial charge in [0.05, 0.1) is 5.02 Å². The lowest BCUT2D eigenvalue weighted by Crippen LogP contribution is -1.92. The second-order valence-electron chi connectivity index (χ2n) is 3.63. The number of carbonyl (C=O) groups excluding carboxylic acids is 1. The lowest BCUT2D eigenvalue weighted by molar-refractivity contribution is 0.112. The number of benzene rings is 2. The van der Waals surface area contributed by atoms with Crippen LogP contribution >= 0.6 is 11.6 Å². The van der Waals surface area contributed by atoms with Crippen LogP contribution < -0.4 is 4.74 Å². The van der Waals surface area contributed by atoms with Crippen LogP contribution in [0.15, 0.2) is 36.4 Å². The van der Waals surface area contributed by atoms with Crippen molar-refractivity contribution < 1.29 is 13.9 Å². The van der Waals surface area contributed by atoms with Crippen LogP contribution in [0.25, 0.3) is 0 Å². The summed E-state index contributed by atoms with van der Waals surface area (Å²) in [5, 5.41) is 9.10. The monoisotopic (exact) mass is 275 g/mol. The minimum atomic E-state index is -0.657. The van der Waals surface area contributed by atoms with E-state index in [9.17, 15) is 9.18 Å². The maximum absolute atomic E-state index is 13.4. The second-order valence-corrected chi connectivity index (χ2v) is 4.04. The number of aldehydes is 1. The molecule has 0 unspecified atom stereocenters. The van der Waals surface area contributed by atoms with Gasteiger partial charge < -0.3 is 4.74 Å². The summed E-state index contributed by atoms with van der Waals surface area (Å²) in [6.45, 7) is 0. The van der Waals surface area contributed by atoms with E-state index in [-0.39, 0.29) is 16.3 Å². The lowest BCUT2D eigenvalue weighted by atomic mass is 10.2. The van der Waals surface area contributed by atoms with Crippen LogP contribution in [0.5, 0.6) is 11.5 Å². The third-order valence-corrected chi connectivity index (χ3v) is 2.74. The number of hydrogen-bond acceptors (Lipinski definition) is 3. The highest BCUT2D eigenvalue weighted by Gasteiger charge is 2.10. The van der Waals surface area contributed by atoms with E-state index in [1.165, 1.54) is 36.4 Å². The first-order chi connectivity index (χ1) is 9.15. The zero-order valence-corrected chi connectivity index (χ0v) is 10.3. The average molecular weight is 276 g/mol. The molecule has 0 heterocycles. The molecule has 3 nitrogen and oxygen atoms in total. The summed E-state index contributed by atoms with van der Waals surface area (Å²) in [4.78, 5) is 10.6. The Kier molecular flexibility index (Phi) is 3.79. The number of nitrogens with zero attached hydrogens (tertiary/aromatic N) is 1. The molecule has 0 spiro atoms.